The predicted molar refractivity (Wildman–Crippen MR) is 118 cm³/mol. The lowest BCUT2D eigenvalue weighted by molar-refractivity contribution is 1.16. The summed E-state index contributed by atoms with van der Waals surface area (Å²) in [5.41, 5.74) is 6.61. The predicted octanol–water partition coefficient (Wildman–Crippen LogP) is 5.85. The maximum Gasteiger partial charge on any atom is 0.187 e. The molecule has 0 radical (unpaired) electrons. The molecule has 5 rings (SSSR count). The zero-order chi connectivity index (χ0) is 19.8. The van der Waals surface area contributed by atoms with Crippen LogP contribution in [0.15, 0.2) is 60.5 Å². The highest BCUT2D eigenvalue weighted by Crippen LogP contribution is 2.31. The van der Waals surface area contributed by atoms with E-state index in [1.165, 1.54) is 17.7 Å². The Morgan fingerprint density at radius 2 is 1.90 bits per heavy atom. The van der Waals surface area contributed by atoms with Crippen molar-refractivity contribution >= 4 is 44.8 Å². The molecular weight excluding hydrogens is 404 g/mol. The standard InChI is InChI=1S/C21H15ClN6S/c1-12-5-17-18(26-20(25-17)13-3-2-4-15(22)6-13)7-16(12)27-21-28-19(10-29-21)14-8-23-11-24-9-14/h2-11H,1H3,(H,25,26)(H,27,28). The van der Waals surface area contributed by atoms with Crippen LogP contribution in [0.25, 0.3) is 33.7 Å². The molecule has 0 aliphatic carbocycles. The van der Waals surface area contributed by atoms with Gasteiger partial charge >= 0.3 is 0 Å². The van der Waals surface area contributed by atoms with Gasteiger partial charge in [0.1, 0.15) is 12.2 Å². The highest BCUT2D eigenvalue weighted by Gasteiger charge is 2.11. The second-order valence-electron chi connectivity index (χ2n) is 6.57. The van der Waals surface area contributed by atoms with Crippen molar-refractivity contribution in [2.24, 2.45) is 0 Å². The number of rotatable bonds is 4. The average Bonchev–Trinajstić information content (AvgIpc) is 3.36. The van der Waals surface area contributed by atoms with Gasteiger partial charge in [0.05, 0.1) is 16.7 Å². The number of H-pyrrole nitrogens is 1. The summed E-state index contributed by atoms with van der Waals surface area (Å²) < 4.78 is 0. The van der Waals surface area contributed by atoms with Gasteiger partial charge in [-0.1, -0.05) is 23.7 Å². The highest BCUT2D eigenvalue weighted by molar-refractivity contribution is 7.14. The summed E-state index contributed by atoms with van der Waals surface area (Å²) in [6, 6.07) is 11.8. The first-order valence-electron chi connectivity index (χ1n) is 8.90. The third-order valence-corrected chi connectivity index (χ3v) is 5.52. The molecule has 142 valence electrons. The van der Waals surface area contributed by atoms with Crippen molar-refractivity contribution in [2.45, 2.75) is 6.92 Å². The van der Waals surface area contributed by atoms with E-state index in [4.69, 9.17) is 16.6 Å². The molecule has 2 N–H and O–H groups in total. The number of benzene rings is 2. The van der Waals surface area contributed by atoms with Gasteiger partial charge in [0, 0.05) is 39.6 Å². The lowest BCUT2D eigenvalue weighted by atomic mass is 10.2. The SMILES string of the molecule is Cc1cc2[nH]c(-c3cccc(Cl)c3)nc2cc1Nc1nc(-c2cncnc2)cs1. The minimum Gasteiger partial charge on any atom is -0.338 e. The highest BCUT2D eigenvalue weighted by atomic mass is 35.5. The number of aromatic nitrogens is 5. The first-order valence-corrected chi connectivity index (χ1v) is 10.2. The molecule has 0 unspecified atom stereocenters. The molecule has 3 aromatic heterocycles. The molecule has 0 aliphatic heterocycles. The normalized spacial score (nSPS) is 11.1. The van der Waals surface area contributed by atoms with E-state index in [1.807, 2.05) is 35.7 Å². The summed E-state index contributed by atoms with van der Waals surface area (Å²) in [6.45, 7) is 2.06. The van der Waals surface area contributed by atoms with Gasteiger partial charge in [0.15, 0.2) is 5.13 Å². The lowest BCUT2D eigenvalue weighted by Crippen LogP contribution is -1.93. The van der Waals surface area contributed by atoms with E-state index in [1.54, 1.807) is 12.4 Å². The molecule has 0 atom stereocenters. The minimum absolute atomic E-state index is 0.685. The number of nitrogens with one attached hydrogen (secondary N) is 2. The summed E-state index contributed by atoms with van der Waals surface area (Å²) in [5.74, 6) is 0.791. The van der Waals surface area contributed by atoms with E-state index in [0.29, 0.717) is 5.02 Å². The molecule has 0 amide bonds. The van der Waals surface area contributed by atoms with Crippen LogP contribution in [-0.2, 0) is 0 Å². The molecule has 0 bridgehead atoms. The Morgan fingerprint density at radius 3 is 2.72 bits per heavy atom. The minimum atomic E-state index is 0.685. The second kappa shape index (κ2) is 7.27. The topological polar surface area (TPSA) is 79.4 Å². The first kappa shape index (κ1) is 17.8. The monoisotopic (exact) mass is 418 g/mol. The summed E-state index contributed by atoms with van der Waals surface area (Å²) in [4.78, 5) is 20.8. The number of hydrogen-bond acceptors (Lipinski definition) is 6. The molecule has 0 saturated heterocycles. The summed E-state index contributed by atoms with van der Waals surface area (Å²) in [5, 5.41) is 6.88. The number of imidazole rings is 1. The zero-order valence-corrected chi connectivity index (χ0v) is 16.9. The number of hydrogen-bond donors (Lipinski definition) is 2. The van der Waals surface area contributed by atoms with E-state index < -0.39 is 0 Å². The van der Waals surface area contributed by atoms with Crippen molar-refractivity contribution < 1.29 is 0 Å². The number of halogens is 1. The summed E-state index contributed by atoms with van der Waals surface area (Å²) in [6.07, 6.45) is 5.02. The van der Waals surface area contributed by atoms with Gasteiger partial charge in [0.2, 0.25) is 0 Å². The van der Waals surface area contributed by atoms with Gasteiger partial charge in [-0.15, -0.1) is 11.3 Å². The maximum absolute atomic E-state index is 6.12. The number of anilines is 2. The van der Waals surface area contributed by atoms with E-state index in [0.717, 1.165) is 50.1 Å². The van der Waals surface area contributed by atoms with E-state index in [9.17, 15) is 0 Å². The van der Waals surface area contributed by atoms with E-state index in [2.05, 4.69) is 38.2 Å². The van der Waals surface area contributed by atoms with Gasteiger partial charge in [0.25, 0.3) is 0 Å². The van der Waals surface area contributed by atoms with Crippen LogP contribution in [0.5, 0.6) is 0 Å². The Bertz CT molecular complexity index is 1310. The third kappa shape index (κ3) is 3.57. The molecule has 0 aliphatic rings. The van der Waals surface area contributed by atoms with Crippen molar-refractivity contribution in [2.75, 3.05) is 5.32 Å². The fourth-order valence-electron chi connectivity index (χ4n) is 3.08. The number of nitrogens with zero attached hydrogens (tertiary/aromatic N) is 4. The van der Waals surface area contributed by atoms with Crippen LogP contribution >= 0.6 is 22.9 Å². The van der Waals surface area contributed by atoms with Crippen LogP contribution in [0.4, 0.5) is 10.8 Å². The number of thiazole rings is 1. The molecule has 2 aromatic carbocycles. The molecule has 0 spiro atoms. The van der Waals surface area contributed by atoms with Gasteiger partial charge < -0.3 is 10.3 Å². The maximum atomic E-state index is 6.12. The Kier molecular flexibility index (Phi) is 4.46. The van der Waals surface area contributed by atoms with Crippen molar-refractivity contribution in [3.8, 4) is 22.6 Å². The van der Waals surface area contributed by atoms with Crippen LogP contribution in [0, 0.1) is 6.92 Å². The molecule has 8 heteroatoms. The number of aryl methyl sites for hydroxylation is 1. The van der Waals surface area contributed by atoms with E-state index >= 15 is 0 Å². The van der Waals surface area contributed by atoms with Gasteiger partial charge in [-0.2, -0.15) is 0 Å². The van der Waals surface area contributed by atoms with Crippen LogP contribution in [0.3, 0.4) is 0 Å². The second-order valence-corrected chi connectivity index (χ2v) is 7.86. The molecule has 0 saturated carbocycles. The Balaban J connectivity index is 1.46. The lowest BCUT2D eigenvalue weighted by Gasteiger charge is -2.06. The molecule has 3 heterocycles. The Morgan fingerprint density at radius 1 is 1.03 bits per heavy atom. The molecule has 6 nitrogen and oxygen atoms in total. The third-order valence-electron chi connectivity index (χ3n) is 4.53. The summed E-state index contributed by atoms with van der Waals surface area (Å²) >= 11 is 7.65. The Hall–Kier alpha value is -3.29. The molecule has 5 aromatic rings. The van der Waals surface area contributed by atoms with Crippen LogP contribution in [0.1, 0.15) is 5.56 Å². The smallest absolute Gasteiger partial charge is 0.187 e. The fraction of sp³-hybridized carbons (Fsp3) is 0.0476. The first-order chi connectivity index (χ1) is 14.2. The fourth-order valence-corrected chi connectivity index (χ4v) is 4.00. The average molecular weight is 419 g/mol. The number of aromatic amines is 1. The largest absolute Gasteiger partial charge is 0.338 e. The van der Waals surface area contributed by atoms with Crippen molar-refractivity contribution in [1.82, 2.24) is 24.9 Å². The van der Waals surface area contributed by atoms with Crippen LogP contribution in [0.2, 0.25) is 5.02 Å². The van der Waals surface area contributed by atoms with Crippen LogP contribution in [-0.4, -0.2) is 24.9 Å². The number of fused-ring (bicyclic) bond motifs is 1. The van der Waals surface area contributed by atoms with Crippen LogP contribution < -0.4 is 5.32 Å². The molecule has 0 fully saturated rings. The quantitative estimate of drug-likeness (QED) is 0.382. The Labute approximate surface area is 175 Å². The van der Waals surface area contributed by atoms with Crippen molar-refractivity contribution in [3.05, 3.63) is 71.1 Å². The van der Waals surface area contributed by atoms with Gasteiger partial charge in [-0.25, -0.2) is 19.9 Å². The molecular formula is C21H15ClN6S. The van der Waals surface area contributed by atoms with Crippen molar-refractivity contribution in [1.29, 1.82) is 0 Å². The van der Waals surface area contributed by atoms with E-state index in [-0.39, 0.29) is 0 Å². The summed E-state index contributed by atoms with van der Waals surface area (Å²) in [7, 11) is 0. The van der Waals surface area contributed by atoms with Gasteiger partial charge in [-0.3, -0.25) is 0 Å². The van der Waals surface area contributed by atoms with Gasteiger partial charge in [-0.05, 0) is 36.8 Å². The molecule has 29 heavy (non-hydrogen) atoms. The van der Waals surface area contributed by atoms with Crippen molar-refractivity contribution in [3.63, 3.8) is 0 Å². The zero-order valence-electron chi connectivity index (χ0n) is 15.3.